The zero-order valence-corrected chi connectivity index (χ0v) is 18.5. The number of benzene rings is 2. The SMILES string of the molecule is Cc1nc(COc2ccc(C(=O)Nc3cccc(S(=O)(=O)N4CCCCC4)c3)cc2)no1. The number of aromatic nitrogens is 2. The first kappa shape index (κ1) is 22.0. The Morgan fingerprint density at radius 1 is 1.12 bits per heavy atom. The molecule has 0 bridgehead atoms. The summed E-state index contributed by atoms with van der Waals surface area (Å²) in [6, 6.07) is 12.9. The minimum absolute atomic E-state index is 0.154. The lowest BCUT2D eigenvalue weighted by molar-refractivity contribution is 0.102. The van der Waals surface area contributed by atoms with Gasteiger partial charge in [0, 0.05) is 31.3 Å². The quantitative estimate of drug-likeness (QED) is 0.579. The number of piperidine rings is 1. The maximum atomic E-state index is 12.9. The van der Waals surface area contributed by atoms with Gasteiger partial charge in [-0.2, -0.15) is 9.29 Å². The summed E-state index contributed by atoms with van der Waals surface area (Å²) in [5, 5.41) is 6.52. The van der Waals surface area contributed by atoms with Gasteiger partial charge in [0.1, 0.15) is 5.75 Å². The summed E-state index contributed by atoms with van der Waals surface area (Å²) in [5.41, 5.74) is 0.831. The molecule has 0 spiro atoms. The summed E-state index contributed by atoms with van der Waals surface area (Å²) >= 11 is 0. The van der Waals surface area contributed by atoms with Gasteiger partial charge in [0.15, 0.2) is 6.61 Å². The van der Waals surface area contributed by atoms with E-state index >= 15 is 0 Å². The number of ether oxygens (including phenoxy) is 1. The number of sulfonamides is 1. The van der Waals surface area contributed by atoms with Crippen molar-refractivity contribution in [3.05, 3.63) is 65.8 Å². The van der Waals surface area contributed by atoms with Gasteiger partial charge >= 0.3 is 0 Å². The zero-order valence-electron chi connectivity index (χ0n) is 17.7. The maximum absolute atomic E-state index is 12.9. The monoisotopic (exact) mass is 456 g/mol. The summed E-state index contributed by atoms with van der Waals surface area (Å²) in [6.07, 6.45) is 2.77. The van der Waals surface area contributed by atoms with E-state index in [1.165, 1.54) is 10.4 Å². The number of amides is 1. The Kier molecular flexibility index (Phi) is 6.52. The number of carbonyl (C=O) groups is 1. The highest BCUT2D eigenvalue weighted by molar-refractivity contribution is 7.89. The first-order valence-corrected chi connectivity index (χ1v) is 11.8. The fourth-order valence-corrected chi connectivity index (χ4v) is 5.01. The van der Waals surface area contributed by atoms with Gasteiger partial charge < -0.3 is 14.6 Å². The van der Waals surface area contributed by atoms with E-state index in [1.54, 1.807) is 49.4 Å². The van der Waals surface area contributed by atoms with Gasteiger partial charge in [0.25, 0.3) is 5.91 Å². The Balaban J connectivity index is 1.39. The average molecular weight is 457 g/mol. The van der Waals surface area contributed by atoms with Crippen LogP contribution >= 0.6 is 0 Å². The Hall–Kier alpha value is -3.24. The minimum Gasteiger partial charge on any atom is -0.485 e. The summed E-state index contributed by atoms with van der Waals surface area (Å²) in [6.45, 7) is 2.91. The molecule has 1 aliphatic rings. The molecule has 2 aromatic carbocycles. The second-order valence-electron chi connectivity index (χ2n) is 7.49. The number of aryl methyl sites for hydroxylation is 1. The molecule has 2 heterocycles. The highest BCUT2D eigenvalue weighted by atomic mass is 32.2. The van der Waals surface area contributed by atoms with Crippen LogP contribution in [0.3, 0.4) is 0 Å². The third-order valence-electron chi connectivity index (χ3n) is 5.10. The van der Waals surface area contributed by atoms with E-state index < -0.39 is 10.0 Å². The second-order valence-corrected chi connectivity index (χ2v) is 9.43. The van der Waals surface area contributed by atoms with Crippen molar-refractivity contribution in [3.8, 4) is 5.75 Å². The van der Waals surface area contributed by atoms with Crippen molar-refractivity contribution in [3.63, 3.8) is 0 Å². The lowest BCUT2D eigenvalue weighted by atomic mass is 10.2. The Labute approximate surface area is 186 Å². The van der Waals surface area contributed by atoms with Gasteiger partial charge in [0.05, 0.1) is 4.90 Å². The average Bonchev–Trinajstić information content (AvgIpc) is 3.24. The topological polar surface area (TPSA) is 115 Å². The number of rotatable bonds is 7. The number of hydrogen-bond donors (Lipinski definition) is 1. The van der Waals surface area contributed by atoms with E-state index in [9.17, 15) is 13.2 Å². The molecule has 0 unspecified atom stereocenters. The van der Waals surface area contributed by atoms with E-state index in [-0.39, 0.29) is 17.4 Å². The highest BCUT2D eigenvalue weighted by Crippen LogP contribution is 2.23. The molecule has 0 radical (unpaired) electrons. The fourth-order valence-electron chi connectivity index (χ4n) is 3.44. The van der Waals surface area contributed by atoms with Crippen molar-refractivity contribution >= 4 is 21.6 Å². The van der Waals surface area contributed by atoms with Crippen molar-refractivity contribution in [1.82, 2.24) is 14.4 Å². The van der Waals surface area contributed by atoms with Crippen LogP contribution in [-0.4, -0.2) is 41.9 Å². The molecule has 10 heteroatoms. The van der Waals surface area contributed by atoms with E-state index in [2.05, 4.69) is 15.5 Å². The Morgan fingerprint density at radius 3 is 2.56 bits per heavy atom. The van der Waals surface area contributed by atoms with Crippen LogP contribution in [0.1, 0.15) is 41.3 Å². The van der Waals surface area contributed by atoms with Crippen LogP contribution < -0.4 is 10.1 Å². The zero-order chi connectivity index (χ0) is 22.6. The normalized spacial score (nSPS) is 14.8. The summed E-state index contributed by atoms with van der Waals surface area (Å²) in [5.74, 6) is 1.10. The highest BCUT2D eigenvalue weighted by Gasteiger charge is 2.26. The van der Waals surface area contributed by atoms with Crippen LogP contribution in [0.15, 0.2) is 57.9 Å². The molecule has 1 aliphatic heterocycles. The maximum Gasteiger partial charge on any atom is 0.255 e. The predicted octanol–water partition coefficient (Wildman–Crippen LogP) is 3.38. The van der Waals surface area contributed by atoms with Crippen molar-refractivity contribution < 1.29 is 22.5 Å². The smallest absolute Gasteiger partial charge is 0.255 e. The number of nitrogens with zero attached hydrogens (tertiary/aromatic N) is 3. The molecule has 0 aliphatic carbocycles. The first-order chi connectivity index (χ1) is 15.4. The van der Waals surface area contributed by atoms with Crippen LogP contribution in [0.4, 0.5) is 5.69 Å². The third-order valence-corrected chi connectivity index (χ3v) is 6.99. The van der Waals surface area contributed by atoms with Gasteiger partial charge in [-0.3, -0.25) is 4.79 Å². The molecular weight excluding hydrogens is 432 g/mol. The van der Waals surface area contributed by atoms with E-state index in [1.807, 2.05) is 0 Å². The van der Waals surface area contributed by atoms with E-state index in [4.69, 9.17) is 9.26 Å². The molecule has 1 amide bonds. The number of carbonyl (C=O) groups excluding carboxylic acids is 1. The first-order valence-electron chi connectivity index (χ1n) is 10.4. The second kappa shape index (κ2) is 9.49. The Bertz CT molecular complexity index is 1190. The molecular formula is C22H24N4O5S. The van der Waals surface area contributed by atoms with Crippen molar-refractivity contribution in [1.29, 1.82) is 0 Å². The number of anilines is 1. The summed E-state index contributed by atoms with van der Waals surface area (Å²) < 4.78 is 37.7. The van der Waals surface area contributed by atoms with Gasteiger partial charge in [-0.1, -0.05) is 17.6 Å². The molecule has 1 fully saturated rings. The third kappa shape index (κ3) is 5.14. The van der Waals surface area contributed by atoms with Crippen LogP contribution in [0.25, 0.3) is 0 Å². The molecule has 1 aromatic heterocycles. The van der Waals surface area contributed by atoms with E-state index in [0.29, 0.717) is 41.8 Å². The lowest BCUT2D eigenvalue weighted by Crippen LogP contribution is -2.35. The molecule has 32 heavy (non-hydrogen) atoms. The molecule has 9 nitrogen and oxygen atoms in total. The molecule has 0 saturated carbocycles. The van der Waals surface area contributed by atoms with E-state index in [0.717, 1.165) is 19.3 Å². The lowest BCUT2D eigenvalue weighted by Gasteiger charge is -2.26. The Morgan fingerprint density at radius 2 is 1.88 bits per heavy atom. The summed E-state index contributed by atoms with van der Waals surface area (Å²) in [7, 11) is -3.57. The molecule has 4 rings (SSSR count). The largest absolute Gasteiger partial charge is 0.485 e. The summed E-state index contributed by atoms with van der Waals surface area (Å²) in [4.78, 5) is 16.9. The van der Waals surface area contributed by atoms with Gasteiger partial charge in [0.2, 0.25) is 21.7 Å². The number of hydrogen-bond acceptors (Lipinski definition) is 7. The molecule has 1 saturated heterocycles. The number of nitrogens with one attached hydrogen (secondary N) is 1. The van der Waals surface area contributed by atoms with Crippen LogP contribution in [0.2, 0.25) is 0 Å². The minimum atomic E-state index is -3.57. The van der Waals surface area contributed by atoms with Gasteiger partial charge in [-0.05, 0) is 55.3 Å². The van der Waals surface area contributed by atoms with Crippen molar-refractivity contribution in [2.75, 3.05) is 18.4 Å². The fraction of sp³-hybridized carbons (Fsp3) is 0.318. The van der Waals surface area contributed by atoms with Crippen LogP contribution in [-0.2, 0) is 16.6 Å². The van der Waals surface area contributed by atoms with Gasteiger partial charge in [-0.15, -0.1) is 0 Å². The molecule has 168 valence electrons. The van der Waals surface area contributed by atoms with Crippen LogP contribution in [0.5, 0.6) is 5.75 Å². The standard InChI is InChI=1S/C22H24N4O5S/c1-16-23-21(25-31-16)15-30-19-10-8-17(9-11-19)22(27)24-18-6-5-7-20(14-18)32(28,29)26-12-3-2-4-13-26/h5-11,14H,2-4,12-13,15H2,1H3,(H,24,27). The molecule has 1 N–H and O–H groups in total. The van der Waals surface area contributed by atoms with Crippen LogP contribution in [0, 0.1) is 6.92 Å². The molecule has 0 atom stereocenters. The van der Waals surface area contributed by atoms with Gasteiger partial charge in [-0.25, -0.2) is 8.42 Å². The molecule has 3 aromatic rings. The van der Waals surface area contributed by atoms with Crippen molar-refractivity contribution in [2.45, 2.75) is 37.7 Å². The van der Waals surface area contributed by atoms with Crippen molar-refractivity contribution in [2.24, 2.45) is 0 Å². The predicted molar refractivity (Wildman–Crippen MR) is 117 cm³/mol.